The van der Waals surface area contributed by atoms with E-state index in [9.17, 15) is 4.79 Å². The number of hydrogen-bond donors (Lipinski definition) is 1. The van der Waals surface area contributed by atoms with Crippen LogP contribution in [-0.2, 0) is 4.79 Å². The van der Waals surface area contributed by atoms with E-state index in [0.29, 0.717) is 18.5 Å². The zero-order chi connectivity index (χ0) is 12.4. The Morgan fingerprint density at radius 2 is 2.47 bits per heavy atom. The molecule has 0 radical (unpaired) electrons. The lowest BCUT2D eigenvalue weighted by molar-refractivity contribution is -0.141. The summed E-state index contributed by atoms with van der Waals surface area (Å²) in [7, 11) is 0. The number of aliphatic carboxylic acids is 1. The summed E-state index contributed by atoms with van der Waals surface area (Å²) in [6.45, 7) is 2.53. The maximum Gasteiger partial charge on any atom is 0.308 e. The summed E-state index contributed by atoms with van der Waals surface area (Å²) in [5, 5.41) is 18.1. The van der Waals surface area contributed by atoms with Crippen LogP contribution >= 0.6 is 0 Å². The number of pyridine rings is 1. The molecule has 1 aromatic heterocycles. The Hall–Kier alpha value is -2.09. The molecule has 1 aromatic rings. The van der Waals surface area contributed by atoms with Gasteiger partial charge in [-0.1, -0.05) is 0 Å². The minimum atomic E-state index is -0.776. The van der Waals surface area contributed by atoms with Gasteiger partial charge in [-0.3, -0.25) is 9.78 Å². The molecule has 1 N–H and O–H groups in total. The van der Waals surface area contributed by atoms with Gasteiger partial charge < -0.3 is 10.0 Å². The second-order valence-electron chi connectivity index (χ2n) is 4.17. The summed E-state index contributed by atoms with van der Waals surface area (Å²) in [6.07, 6.45) is 3.80. The van der Waals surface area contributed by atoms with Crippen molar-refractivity contribution in [3.63, 3.8) is 0 Å². The fourth-order valence-corrected chi connectivity index (χ4v) is 2.32. The molecule has 0 aromatic carbocycles. The van der Waals surface area contributed by atoms with Crippen LogP contribution in [0.25, 0.3) is 0 Å². The van der Waals surface area contributed by atoms with Crippen LogP contribution in [0.3, 0.4) is 0 Å². The molecule has 0 saturated carbocycles. The molecule has 5 nitrogen and oxygen atoms in total. The number of carbonyl (C=O) groups is 1. The minimum absolute atomic E-state index is 0.108. The molecule has 1 fully saturated rings. The molecule has 5 heteroatoms. The average Bonchev–Trinajstić information content (AvgIpc) is 2.71. The number of nitriles is 1. The van der Waals surface area contributed by atoms with E-state index in [4.69, 9.17) is 10.4 Å². The molecular formula is C12H13N3O2. The van der Waals surface area contributed by atoms with E-state index in [-0.39, 0.29) is 12.0 Å². The highest BCUT2D eigenvalue weighted by Crippen LogP contribution is 2.31. The predicted octanol–water partition coefficient (Wildman–Crippen LogP) is 1.25. The first kappa shape index (κ1) is 11.4. The third-order valence-electron chi connectivity index (χ3n) is 3.30. The number of carboxylic acids is 1. The Labute approximate surface area is 99.3 Å². The van der Waals surface area contributed by atoms with Crippen LogP contribution < -0.4 is 4.90 Å². The highest BCUT2D eigenvalue weighted by molar-refractivity contribution is 5.73. The summed E-state index contributed by atoms with van der Waals surface area (Å²) in [5.74, 6) is -1.15. The van der Waals surface area contributed by atoms with Crippen LogP contribution in [0, 0.1) is 17.2 Å². The van der Waals surface area contributed by atoms with E-state index in [0.717, 1.165) is 5.69 Å². The Morgan fingerprint density at radius 1 is 1.71 bits per heavy atom. The van der Waals surface area contributed by atoms with Gasteiger partial charge in [0.25, 0.3) is 0 Å². The van der Waals surface area contributed by atoms with Gasteiger partial charge in [0.1, 0.15) is 6.07 Å². The van der Waals surface area contributed by atoms with Gasteiger partial charge in [-0.05, 0) is 19.4 Å². The van der Waals surface area contributed by atoms with Gasteiger partial charge in [-0.15, -0.1) is 0 Å². The highest BCUT2D eigenvalue weighted by Gasteiger charge is 2.36. The average molecular weight is 231 g/mol. The van der Waals surface area contributed by atoms with Gasteiger partial charge in [0.2, 0.25) is 0 Å². The largest absolute Gasteiger partial charge is 0.481 e. The quantitative estimate of drug-likeness (QED) is 0.828. The van der Waals surface area contributed by atoms with Gasteiger partial charge >= 0.3 is 5.97 Å². The van der Waals surface area contributed by atoms with Crippen molar-refractivity contribution in [2.45, 2.75) is 19.4 Å². The van der Waals surface area contributed by atoms with Crippen LogP contribution in [0.2, 0.25) is 0 Å². The normalized spacial score (nSPS) is 23.4. The second-order valence-corrected chi connectivity index (χ2v) is 4.17. The predicted molar refractivity (Wildman–Crippen MR) is 61.5 cm³/mol. The molecular weight excluding hydrogens is 218 g/mol. The van der Waals surface area contributed by atoms with Crippen LogP contribution in [0.15, 0.2) is 18.5 Å². The molecule has 2 heterocycles. The number of anilines is 1. The topological polar surface area (TPSA) is 77.2 Å². The standard InChI is InChI=1S/C12H13N3O2/c1-8-10(12(16)17)3-5-15(8)11-7-14-4-2-9(11)6-13/h2,4,7-8,10H,3,5H2,1H3,(H,16,17). The van der Waals surface area contributed by atoms with Gasteiger partial charge in [0, 0.05) is 18.8 Å². The zero-order valence-electron chi connectivity index (χ0n) is 9.50. The summed E-state index contributed by atoms with van der Waals surface area (Å²) in [5.41, 5.74) is 1.27. The van der Waals surface area contributed by atoms with Gasteiger partial charge in [-0.25, -0.2) is 0 Å². The molecule has 0 spiro atoms. The third kappa shape index (κ3) is 1.94. The summed E-state index contributed by atoms with van der Waals surface area (Å²) < 4.78 is 0. The third-order valence-corrected chi connectivity index (χ3v) is 3.30. The lowest BCUT2D eigenvalue weighted by Gasteiger charge is -2.25. The van der Waals surface area contributed by atoms with E-state index in [1.807, 2.05) is 11.8 Å². The first-order valence-electron chi connectivity index (χ1n) is 5.48. The number of nitrogens with zero attached hydrogens (tertiary/aromatic N) is 3. The number of rotatable bonds is 2. The second kappa shape index (κ2) is 4.42. The van der Waals surface area contributed by atoms with E-state index >= 15 is 0 Å². The number of aromatic nitrogens is 1. The Bertz CT molecular complexity index is 481. The maximum absolute atomic E-state index is 11.0. The highest BCUT2D eigenvalue weighted by atomic mass is 16.4. The Morgan fingerprint density at radius 3 is 3.06 bits per heavy atom. The first-order chi connectivity index (χ1) is 8.15. The molecule has 88 valence electrons. The molecule has 2 atom stereocenters. The van der Waals surface area contributed by atoms with Crippen molar-refractivity contribution in [2.24, 2.45) is 5.92 Å². The minimum Gasteiger partial charge on any atom is -0.481 e. The van der Waals surface area contributed by atoms with Gasteiger partial charge in [-0.2, -0.15) is 5.26 Å². The number of carboxylic acid groups (broad SMARTS) is 1. The van der Waals surface area contributed by atoms with E-state index in [1.54, 1.807) is 18.5 Å². The SMILES string of the molecule is CC1C(C(=O)O)CCN1c1cnccc1C#N. The van der Waals surface area contributed by atoms with Crippen LogP contribution in [0.5, 0.6) is 0 Å². The molecule has 1 aliphatic rings. The van der Waals surface area contributed by atoms with Crippen LogP contribution in [-0.4, -0.2) is 28.6 Å². The van der Waals surface area contributed by atoms with Gasteiger partial charge in [0.15, 0.2) is 0 Å². The summed E-state index contributed by atoms with van der Waals surface area (Å²) in [4.78, 5) is 17.0. The van der Waals surface area contributed by atoms with Crippen molar-refractivity contribution >= 4 is 11.7 Å². The van der Waals surface area contributed by atoms with Crippen molar-refractivity contribution in [2.75, 3.05) is 11.4 Å². The van der Waals surface area contributed by atoms with Gasteiger partial charge in [0.05, 0.1) is 23.4 Å². The molecule has 0 aliphatic carbocycles. The summed E-state index contributed by atoms with van der Waals surface area (Å²) in [6, 6.07) is 3.65. The van der Waals surface area contributed by atoms with Crippen molar-refractivity contribution in [1.29, 1.82) is 5.26 Å². The monoisotopic (exact) mass is 231 g/mol. The fraction of sp³-hybridized carbons (Fsp3) is 0.417. The molecule has 17 heavy (non-hydrogen) atoms. The lowest BCUT2D eigenvalue weighted by Crippen LogP contribution is -2.33. The van der Waals surface area contributed by atoms with E-state index < -0.39 is 5.97 Å². The summed E-state index contributed by atoms with van der Waals surface area (Å²) >= 11 is 0. The molecule has 0 bridgehead atoms. The van der Waals surface area contributed by atoms with Crippen LogP contribution in [0.1, 0.15) is 18.9 Å². The maximum atomic E-state index is 11.0. The zero-order valence-corrected chi connectivity index (χ0v) is 9.50. The van der Waals surface area contributed by atoms with Crippen molar-refractivity contribution < 1.29 is 9.90 Å². The van der Waals surface area contributed by atoms with Crippen molar-refractivity contribution in [1.82, 2.24) is 4.98 Å². The van der Waals surface area contributed by atoms with E-state index in [2.05, 4.69) is 11.1 Å². The smallest absolute Gasteiger partial charge is 0.308 e. The first-order valence-corrected chi connectivity index (χ1v) is 5.48. The molecule has 2 rings (SSSR count). The van der Waals surface area contributed by atoms with Crippen molar-refractivity contribution in [3.8, 4) is 6.07 Å². The molecule has 0 amide bonds. The molecule has 1 aliphatic heterocycles. The number of hydrogen-bond acceptors (Lipinski definition) is 4. The molecule has 2 unspecified atom stereocenters. The fourth-order valence-electron chi connectivity index (χ4n) is 2.32. The van der Waals surface area contributed by atoms with Crippen LogP contribution in [0.4, 0.5) is 5.69 Å². The van der Waals surface area contributed by atoms with E-state index in [1.165, 1.54) is 0 Å². The van der Waals surface area contributed by atoms with Crippen molar-refractivity contribution in [3.05, 3.63) is 24.0 Å². The Kier molecular flexibility index (Phi) is 2.96. The lowest BCUT2D eigenvalue weighted by atomic mass is 10.0. The Balaban J connectivity index is 2.31. The molecule has 1 saturated heterocycles.